The quantitative estimate of drug-likeness (QED) is 0.651. The summed E-state index contributed by atoms with van der Waals surface area (Å²) in [5.74, 6) is 1.77. The van der Waals surface area contributed by atoms with E-state index in [0.29, 0.717) is 11.9 Å². The Morgan fingerprint density at radius 3 is 2.76 bits per heavy atom. The number of halogens is 2. The number of aromatic nitrogens is 2. The van der Waals surface area contributed by atoms with E-state index in [2.05, 4.69) is 45.0 Å². The van der Waals surface area contributed by atoms with Gasteiger partial charge in [-0.3, -0.25) is 0 Å². The zero-order chi connectivity index (χ0) is 14.8. The second-order valence-electron chi connectivity index (χ2n) is 5.64. The van der Waals surface area contributed by atoms with Gasteiger partial charge in [-0.2, -0.15) is 11.8 Å². The molecule has 0 bridgehead atoms. The highest BCUT2D eigenvalue weighted by Crippen LogP contribution is 2.36. The lowest BCUT2D eigenvalue weighted by Crippen LogP contribution is -2.21. The van der Waals surface area contributed by atoms with E-state index in [1.807, 2.05) is 11.8 Å². The van der Waals surface area contributed by atoms with Gasteiger partial charge >= 0.3 is 0 Å². The van der Waals surface area contributed by atoms with E-state index < -0.39 is 0 Å². The first-order chi connectivity index (χ1) is 10.2. The summed E-state index contributed by atoms with van der Waals surface area (Å²) in [5.41, 5.74) is 2.34. The normalized spacial score (nSPS) is 22.8. The van der Waals surface area contributed by atoms with Gasteiger partial charge in [-0.1, -0.05) is 15.9 Å². The van der Waals surface area contributed by atoms with Gasteiger partial charge in [0, 0.05) is 28.1 Å². The molecular formula is C16H20BrClN2S. The predicted octanol–water partition coefficient (Wildman–Crippen LogP) is 5.43. The Balaban J connectivity index is 1.97. The van der Waals surface area contributed by atoms with Gasteiger partial charge in [0.05, 0.1) is 11.0 Å². The molecule has 0 atom stereocenters. The van der Waals surface area contributed by atoms with E-state index in [1.165, 1.54) is 31.2 Å². The van der Waals surface area contributed by atoms with Crippen LogP contribution in [0.5, 0.6) is 0 Å². The van der Waals surface area contributed by atoms with Crippen molar-refractivity contribution in [3.63, 3.8) is 0 Å². The molecule has 1 fully saturated rings. The van der Waals surface area contributed by atoms with Gasteiger partial charge in [0.25, 0.3) is 0 Å². The lowest BCUT2D eigenvalue weighted by atomic mass is 9.94. The van der Waals surface area contributed by atoms with Crippen LogP contribution in [-0.4, -0.2) is 26.9 Å². The fourth-order valence-corrected chi connectivity index (χ4v) is 4.59. The lowest BCUT2D eigenvalue weighted by Gasteiger charge is -2.30. The molecule has 1 heterocycles. The fraction of sp³-hybridized carbons (Fsp3) is 0.562. The number of aryl methyl sites for hydroxylation is 1. The number of hydrogen-bond donors (Lipinski definition) is 0. The molecule has 1 aliphatic carbocycles. The molecule has 114 valence electrons. The molecule has 0 unspecified atom stereocenters. The summed E-state index contributed by atoms with van der Waals surface area (Å²) in [4.78, 5) is 4.82. The Morgan fingerprint density at radius 2 is 2.10 bits per heavy atom. The van der Waals surface area contributed by atoms with Gasteiger partial charge in [0.1, 0.15) is 5.82 Å². The minimum atomic E-state index is 0.581. The summed E-state index contributed by atoms with van der Waals surface area (Å²) in [7, 11) is 0. The average molecular weight is 388 g/mol. The van der Waals surface area contributed by atoms with Gasteiger partial charge in [0.2, 0.25) is 0 Å². The maximum atomic E-state index is 5.99. The number of thioether (sulfide) groups is 1. The molecule has 0 aliphatic heterocycles. The minimum absolute atomic E-state index is 0.581. The summed E-state index contributed by atoms with van der Waals surface area (Å²) in [5, 5.41) is 0.835. The summed E-state index contributed by atoms with van der Waals surface area (Å²) in [6.07, 6.45) is 8.19. The van der Waals surface area contributed by atoms with E-state index in [-0.39, 0.29) is 0 Å². The van der Waals surface area contributed by atoms with E-state index in [4.69, 9.17) is 16.6 Å². The predicted molar refractivity (Wildman–Crippen MR) is 96.7 cm³/mol. The van der Waals surface area contributed by atoms with Crippen molar-refractivity contribution in [3.8, 4) is 0 Å². The van der Waals surface area contributed by atoms with Crippen LogP contribution in [0.2, 0.25) is 0 Å². The van der Waals surface area contributed by atoms with E-state index >= 15 is 0 Å². The molecule has 1 saturated carbocycles. The molecule has 0 N–H and O–H groups in total. The molecule has 0 saturated heterocycles. The number of rotatable bonds is 4. The molecular weight excluding hydrogens is 368 g/mol. The average Bonchev–Trinajstić information content (AvgIpc) is 2.85. The molecule has 1 aromatic carbocycles. The fourth-order valence-electron chi connectivity index (χ4n) is 3.33. The van der Waals surface area contributed by atoms with Crippen molar-refractivity contribution in [2.24, 2.45) is 0 Å². The Labute approximate surface area is 143 Å². The first kappa shape index (κ1) is 15.7. The van der Waals surface area contributed by atoms with Crippen molar-refractivity contribution in [1.29, 1.82) is 0 Å². The summed E-state index contributed by atoms with van der Waals surface area (Å²) in [6, 6.07) is 6.98. The third kappa shape index (κ3) is 3.27. The molecule has 3 rings (SSSR count). The minimum Gasteiger partial charge on any atom is -0.325 e. The second kappa shape index (κ2) is 6.93. The van der Waals surface area contributed by atoms with Crippen molar-refractivity contribution in [2.45, 2.75) is 43.4 Å². The molecule has 0 amide bonds. The van der Waals surface area contributed by atoms with Crippen LogP contribution in [0.1, 0.15) is 37.5 Å². The molecule has 5 heteroatoms. The topological polar surface area (TPSA) is 17.8 Å². The summed E-state index contributed by atoms with van der Waals surface area (Å²) < 4.78 is 3.55. The highest BCUT2D eigenvalue weighted by atomic mass is 79.9. The van der Waals surface area contributed by atoms with Crippen molar-refractivity contribution in [3.05, 3.63) is 28.5 Å². The smallest absolute Gasteiger partial charge is 0.111 e. The van der Waals surface area contributed by atoms with Gasteiger partial charge in [0.15, 0.2) is 0 Å². The monoisotopic (exact) mass is 386 g/mol. The van der Waals surface area contributed by atoms with Crippen LogP contribution >= 0.6 is 39.3 Å². The van der Waals surface area contributed by atoms with Crippen molar-refractivity contribution >= 4 is 50.3 Å². The third-order valence-corrected chi connectivity index (χ3v) is 6.21. The van der Waals surface area contributed by atoms with Crippen LogP contribution in [0.25, 0.3) is 11.0 Å². The highest BCUT2D eigenvalue weighted by Gasteiger charge is 2.25. The number of nitrogens with zero attached hydrogens (tertiary/aromatic N) is 2. The SMILES string of the molecule is CSC1CCC(n2c(CCCl)nc3cc(Br)ccc32)CC1. The van der Waals surface area contributed by atoms with E-state index in [1.54, 1.807) is 0 Å². The summed E-state index contributed by atoms with van der Waals surface area (Å²) >= 11 is 11.5. The zero-order valence-corrected chi connectivity index (χ0v) is 15.3. The van der Waals surface area contributed by atoms with Gasteiger partial charge < -0.3 is 4.57 Å². The Hall–Kier alpha value is -0.190. The first-order valence-electron chi connectivity index (χ1n) is 7.48. The third-order valence-electron chi connectivity index (χ3n) is 4.38. The van der Waals surface area contributed by atoms with Gasteiger partial charge in [-0.15, -0.1) is 11.6 Å². The van der Waals surface area contributed by atoms with Crippen molar-refractivity contribution < 1.29 is 0 Å². The molecule has 2 aromatic rings. The van der Waals surface area contributed by atoms with Gasteiger partial charge in [-0.25, -0.2) is 4.98 Å². The Kier molecular flexibility index (Phi) is 5.18. The Morgan fingerprint density at radius 1 is 1.33 bits per heavy atom. The number of hydrogen-bond acceptors (Lipinski definition) is 2. The largest absolute Gasteiger partial charge is 0.325 e. The molecule has 0 radical (unpaired) electrons. The first-order valence-corrected chi connectivity index (χ1v) is 10.1. The maximum absolute atomic E-state index is 5.99. The van der Waals surface area contributed by atoms with E-state index in [0.717, 1.165) is 27.5 Å². The van der Waals surface area contributed by atoms with E-state index in [9.17, 15) is 0 Å². The number of benzene rings is 1. The van der Waals surface area contributed by atoms with Gasteiger partial charge in [-0.05, 0) is 50.1 Å². The molecule has 1 aromatic heterocycles. The van der Waals surface area contributed by atoms with Crippen LogP contribution in [0.15, 0.2) is 22.7 Å². The maximum Gasteiger partial charge on any atom is 0.111 e. The van der Waals surface area contributed by atoms with Crippen LogP contribution in [0, 0.1) is 0 Å². The molecule has 1 aliphatic rings. The van der Waals surface area contributed by atoms with Crippen molar-refractivity contribution in [2.75, 3.05) is 12.1 Å². The van der Waals surface area contributed by atoms with Crippen LogP contribution in [-0.2, 0) is 6.42 Å². The second-order valence-corrected chi connectivity index (χ2v) is 8.07. The molecule has 0 spiro atoms. The highest BCUT2D eigenvalue weighted by molar-refractivity contribution is 9.10. The number of alkyl halides is 1. The number of imidazole rings is 1. The standard InChI is InChI=1S/C16H20BrClN2S/c1-21-13-5-3-12(4-6-13)20-15-7-2-11(17)10-14(15)19-16(20)8-9-18/h2,7,10,12-13H,3-6,8-9H2,1H3. The van der Waals surface area contributed by atoms with Crippen LogP contribution in [0.4, 0.5) is 0 Å². The summed E-state index contributed by atoms with van der Waals surface area (Å²) in [6.45, 7) is 0. The van der Waals surface area contributed by atoms with Crippen LogP contribution in [0.3, 0.4) is 0 Å². The lowest BCUT2D eigenvalue weighted by molar-refractivity contribution is 0.359. The molecule has 2 nitrogen and oxygen atoms in total. The van der Waals surface area contributed by atoms with Crippen molar-refractivity contribution in [1.82, 2.24) is 9.55 Å². The van der Waals surface area contributed by atoms with Crippen LogP contribution < -0.4 is 0 Å². The molecule has 21 heavy (non-hydrogen) atoms. The Bertz CT molecular complexity index is 620. The number of fused-ring (bicyclic) bond motifs is 1. The zero-order valence-electron chi connectivity index (χ0n) is 12.2.